The highest BCUT2D eigenvalue weighted by Crippen LogP contribution is 2.38. The van der Waals surface area contributed by atoms with Crippen molar-refractivity contribution < 1.29 is 9.47 Å². The third-order valence-electron chi connectivity index (χ3n) is 4.13. The van der Waals surface area contributed by atoms with Crippen LogP contribution in [0.15, 0.2) is 53.0 Å². The summed E-state index contributed by atoms with van der Waals surface area (Å²) in [5.74, 6) is 1.15. The van der Waals surface area contributed by atoms with Crippen molar-refractivity contribution in [3.63, 3.8) is 0 Å². The van der Waals surface area contributed by atoms with Crippen LogP contribution in [-0.2, 0) is 13.2 Å². The first-order chi connectivity index (χ1) is 13.9. The van der Waals surface area contributed by atoms with Crippen LogP contribution >= 0.6 is 62.3 Å². The average Bonchev–Trinajstić information content (AvgIpc) is 2.67. The summed E-state index contributed by atoms with van der Waals surface area (Å²) in [6.45, 7) is 0.748. The van der Waals surface area contributed by atoms with Crippen molar-refractivity contribution in [2.45, 2.75) is 13.2 Å². The largest absolute Gasteiger partial charge is 0.493 e. The molecule has 0 radical (unpaired) electrons. The van der Waals surface area contributed by atoms with E-state index in [9.17, 15) is 0 Å². The number of methoxy groups -OCH3 is 1. The Labute approximate surface area is 197 Å². The molecule has 0 bridgehead atoms. The topological polar surface area (TPSA) is 30.5 Å². The highest BCUT2D eigenvalue weighted by molar-refractivity contribution is 9.10. The summed E-state index contributed by atoms with van der Waals surface area (Å²) in [6, 6.07) is 14.5. The van der Waals surface area contributed by atoms with Gasteiger partial charge in [-0.3, -0.25) is 0 Å². The van der Waals surface area contributed by atoms with E-state index in [-0.39, 0.29) is 6.61 Å². The Balaban J connectivity index is 1.76. The highest BCUT2D eigenvalue weighted by atomic mass is 79.9. The van der Waals surface area contributed by atoms with Crippen LogP contribution in [0.2, 0.25) is 20.1 Å². The van der Waals surface area contributed by atoms with Gasteiger partial charge in [0.1, 0.15) is 6.61 Å². The minimum Gasteiger partial charge on any atom is -0.493 e. The minimum atomic E-state index is 0.214. The van der Waals surface area contributed by atoms with E-state index in [4.69, 9.17) is 55.9 Å². The van der Waals surface area contributed by atoms with Crippen LogP contribution in [0.4, 0.5) is 5.69 Å². The van der Waals surface area contributed by atoms with Gasteiger partial charge in [-0.2, -0.15) is 0 Å². The fourth-order valence-electron chi connectivity index (χ4n) is 2.66. The summed E-state index contributed by atoms with van der Waals surface area (Å²) < 4.78 is 12.2. The molecule has 152 valence electrons. The SMILES string of the molecule is COc1cc(CNc2ccc(Cl)cc2Cl)cc(Br)c1OCc1c(Cl)cccc1Cl. The van der Waals surface area contributed by atoms with Gasteiger partial charge >= 0.3 is 0 Å². The number of anilines is 1. The normalized spacial score (nSPS) is 10.7. The van der Waals surface area contributed by atoms with Crippen LogP contribution in [0, 0.1) is 0 Å². The first kappa shape index (κ1) is 22.4. The lowest BCUT2D eigenvalue weighted by Crippen LogP contribution is -2.03. The van der Waals surface area contributed by atoms with Crippen LogP contribution in [0.5, 0.6) is 11.5 Å². The average molecular weight is 536 g/mol. The van der Waals surface area contributed by atoms with Gasteiger partial charge in [0.25, 0.3) is 0 Å². The molecule has 0 aliphatic heterocycles. The van der Waals surface area contributed by atoms with Crippen molar-refractivity contribution >= 4 is 68.0 Å². The van der Waals surface area contributed by atoms with Crippen molar-refractivity contribution in [3.8, 4) is 11.5 Å². The maximum absolute atomic E-state index is 6.22. The first-order valence-electron chi connectivity index (χ1n) is 8.50. The van der Waals surface area contributed by atoms with E-state index in [1.807, 2.05) is 18.2 Å². The van der Waals surface area contributed by atoms with Crippen molar-refractivity contribution in [2.75, 3.05) is 12.4 Å². The van der Waals surface area contributed by atoms with E-state index in [1.165, 1.54) is 0 Å². The van der Waals surface area contributed by atoms with Crippen molar-refractivity contribution in [2.24, 2.45) is 0 Å². The van der Waals surface area contributed by atoms with Crippen molar-refractivity contribution in [3.05, 3.63) is 84.2 Å². The Morgan fingerprint density at radius 2 is 1.66 bits per heavy atom. The lowest BCUT2D eigenvalue weighted by molar-refractivity contribution is 0.282. The molecule has 0 aliphatic carbocycles. The Hall–Kier alpha value is -1.30. The molecule has 0 aromatic heterocycles. The van der Waals surface area contributed by atoms with Gasteiger partial charge < -0.3 is 14.8 Å². The van der Waals surface area contributed by atoms with Gasteiger partial charge in [-0.1, -0.05) is 52.5 Å². The quantitative estimate of drug-likeness (QED) is 0.330. The van der Waals surface area contributed by atoms with Crippen LogP contribution in [0.25, 0.3) is 0 Å². The molecule has 3 rings (SSSR count). The summed E-state index contributed by atoms with van der Waals surface area (Å²) in [5.41, 5.74) is 2.48. The molecule has 3 aromatic carbocycles. The Morgan fingerprint density at radius 3 is 2.31 bits per heavy atom. The van der Waals surface area contributed by atoms with Crippen LogP contribution in [0.1, 0.15) is 11.1 Å². The first-order valence-corrected chi connectivity index (χ1v) is 10.8. The van der Waals surface area contributed by atoms with Crippen LogP contribution < -0.4 is 14.8 Å². The second-order valence-electron chi connectivity index (χ2n) is 6.08. The summed E-state index contributed by atoms with van der Waals surface area (Å²) in [7, 11) is 1.59. The molecule has 3 aromatic rings. The molecule has 3 nitrogen and oxygen atoms in total. The molecule has 0 atom stereocenters. The summed E-state index contributed by atoms with van der Waals surface area (Å²) >= 11 is 28.2. The summed E-state index contributed by atoms with van der Waals surface area (Å²) in [5, 5.41) is 5.53. The number of hydrogen-bond donors (Lipinski definition) is 1. The lowest BCUT2D eigenvalue weighted by Gasteiger charge is -2.16. The molecule has 8 heteroatoms. The van der Waals surface area contributed by atoms with Gasteiger partial charge in [0.15, 0.2) is 11.5 Å². The molecule has 0 amide bonds. The van der Waals surface area contributed by atoms with Gasteiger partial charge in [0.2, 0.25) is 0 Å². The molecular formula is C21H16BrCl4NO2. The number of rotatable bonds is 7. The molecule has 0 heterocycles. The van der Waals surface area contributed by atoms with Crippen molar-refractivity contribution in [1.29, 1.82) is 0 Å². The fourth-order valence-corrected chi connectivity index (χ4v) is 4.25. The molecule has 0 saturated heterocycles. The molecule has 1 N–H and O–H groups in total. The zero-order valence-corrected chi connectivity index (χ0v) is 19.8. The maximum atomic E-state index is 6.22. The molecule has 0 unspecified atom stereocenters. The molecule has 0 saturated carbocycles. The van der Waals surface area contributed by atoms with Gasteiger partial charge in [0, 0.05) is 27.2 Å². The Bertz CT molecular complexity index is 1010. The van der Waals surface area contributed by atoms with E-state index in [0.29, 0.717) is 43.7 Å². The van der Waals surface area contributed by atoms with E-state index in [0.717, 1.165) is 15.7 Å². The number of benzene rings is 3. The zero-order chi connectivity index (χ0) is 21.0. The number of ether oxygens (including phenoxy) is 2. The van der Waals surface area contributed by atoms with Gasteiger partial charge in [-0.05, 0) is 64.0 Å². The Morgan fingerprint density at radius 1 is 0.931 bits per heavy atom. The molecule has 0 spiro atoms. The summed E-state index contributed by atoms with van der Waals surface area (Å²) in [6.07, 6.45) is 0. The highest BCUT2D eigenvalue weighted by Gasteiger charge is 2.14. The predicted octanol–water partition coefficient (Wildman–Crippen LogP) is 8.26. The van der Waals surface area contributed by atoms with Crippen LogP contribution in [0.3, 0.4) is 0 Å². The van der Waals surface area contributed by atoms with Gasteiger partial charge in [0.05, 0.1) is 22.3 Å². The van der Waals surface area contributed by atoms with E-state index < -0.39 is 0 Å². The number of halogens is 5. The molecule has 0 fully saturated rings. The predicted molar refractivity (Wildman–Crippen MR) is 125 cm³/mol. The molecule has 29 heavy (non-hydrogen) atoms. The van der Waals surface area contributed by atoms with Gasteiger partial charge in [-0.15, -0.1) is 0 Å². The van der Waals surface area contributed by atoms with Crippen molar-refractivity contribution in [1.82, 2.24) is 0 Å². The van der Waals surface area contributed by atoms with E-state index >= 15 is 0 Å². The maximum Gasteiger partial charge on any atom is 0.175 e. The monoisotopic (exact) mass is 533 g/mol. The molecule has 0 aliphatic rings. The Kier molecular flexibility index (Phi) is 7.83. The van der Waals surface area contributed by atoms with E-state index in [1.54, 1.807) is 37.4 Å². The third kappa shape index (κ3) is 5.65. The third-order valence-corrected chi connectivity index (χ3v) is 5.97. The standard InChI is InChI=1S/C21H16BrCl4NO2/c1-28-20-8-12(10-27-19-6-5-13(23)9-18(19)26)7-15(22)21(20)29-11-14-16(24)3-2-4-17(14)25/h2-9,27H,10-11H2,1H3. The minimum absolute atomic E-state index is 0.214. The second kappa shape index (κ2) is 10.1. The fraction of sp³-hybridized carbons (Fsp3) is 0.143. The number of nitrogens with one attached hydrogen (secondary N) is 1. The van der Waals surface area contributed by atoms with Crippen LogP contribution in [-0.4, -0.2) is 7.11 Å². The summed E-state index contributed by atoms with van der Waals surface area (Å²) in [4.78, 5) is 0. The second-order valence-corrected chi connectivity index (χ2v) is 8.59. The smallest absolute Gasteiger partial charge is 0.175 e. The lowest BCUT2D eigenvalue weighted by atomic mass is 10.2. The molecular weight excluding hydrogens is 520 g/mol. The zero-order valence-electron chi connectivity index (χ0n) is 15.2. The van der Waals surface area contributed by atoms with E-state index in [2.05, 4.69) is 21.2 Å². The van der Waals surface area contributed by atoms with Gasteiger partial charge in [-0.25, -0.2) is 0 Å². The number of hydrogen-bond acceptors (Lipinski definition) is 3.